The molecule has 2 atom stereocenters. The molecule has 1 saturated heterocycles. The van der Waals surface area contributed by atoms with Gasteiger partial charge in [-0.25, -0.2) is 4.98 Å². The van der Waals surface area contributed by atoms with E-state index in [1.165, 1.54) is 0 Å². The normalized spacial score (nSPS) is 23.6. The van der Waals surface area contributed by atoms with Crippen LogP contribution in [0.25, 0.3) is 0 Å². The molecule has 2 rings (SSSR count). The quantitative estimate of drug-likeness (QED) is 0.820. The van der Waals surface area contributed by atoms with Crippen LogP contribution < -0.4 is 10.6 Å². The highest BCUT2D eigenvalue weighted by atomic mass is 16.4. The monoisotopic (exact) mass is 251 g/mol. The Kier molecular flexibility index (Phi) is 3.64. The number of hydrogen-bond donors (Lipinski definition) is 2. The SMILES string of the molecule is Cc1cnc(CNC(=O)[C@@H]2C[C@H](C)CC(=O)N2)o1. The van der Waals surface area contributed by atoms with Crippen LogP contribution in [0.4, 0.5) is 0 Å². The highest BCUT2D eigenvalue weighted by Crippen LogP contribution is 2.16. The first kappa shape index (κ1) is 12.6. The first-order valence-corrected chi connectivity index (χ1v) is 6.03. The molecule has 1 aromatic heterocycles. The summed E-state index contributed by atoms with van der Waals surface area (Å²) in [6.07, 6.45) is 2.76. The number of oxazole rings is 1. The zero-order valence-electron chi connectivity index (χ0n) is 10.5. The number of aromatic nitrogens is 1. The van der Waals surface area contributed by atoms with Gasteiger partial charge in [0.2, 0.25) is 17.7 Å². The average molecular weight is 251 g/mol. The van der Waals surface area contributed by atoms with Crippen LogP contribution in [-0.2, 0) is 16.1 Å². The molecule has 1 aromatic rings. The first-order valence-electron chi connectivity index (χ1n) is 6.03. The predicted octanol–water partition coefficient (Wildman–Crippen LogP) is 0.514. The second-order valence-electron chi connectivity index (χ2n) is 4.75. The van der Waals surface area contributed by atoms with Gasteiger partial charge in [0.25, 0.3) is 0 Å². The summed E-state index contributed by atoms with van der Waals surface area (Å²) in [6, 6.07) is -0.447. The Morgan fingerprint density at radius 1 is 1.67 bits per heavy atom. The van der Waals surface area contributed by atoms with Crippen LogP contribution in [-0.4, -0.2) is 22.8 Å². The Morgan fingerprint density at radius 2 is 2.44 bits per heavy atom. The van der Waals surface area contributed by atoms with Crippen molar-refractivity contribution in [1.82, 2.24) is 15.6 Å². The number of piperidine rings is 1. The molecule has 98 valence electrons. The molecule has 0 unspecified atom stereocenters. The van der Waals surface area contributed by atoms with Gasteiger partial charge in [0.1, 0.15) is 11.8 Å². The standard InChI is InChI=1S/C12H17N3O3/c1-7-3-9(15-10(16)4-7)12(17)14-6-11-13-5-8(2)18-11/h5,7,9H,3-4,6H2,1-2H3,(H,14,17)(H,15,16)/t7-,9-/m0/s1. The van der Waals surface area contributed by atoms with Crippen LogP contribution in [0.5, 0.6) is 0 Å². The summed E-state index contributed by atoms with van der Waals surface area (Å²) in [5.74, 6) is 1.15. The number of carbonyl (C=O) groups is 2. The van der Waals surface area contributed by atoms with Crippen molar-refractivity contribution in [2.24, 2.45) is 5.92 Å². The van der Waals surface area contributed by atoms with Gasteiger partial charge in [0.15, 0.2) is 0 Å². The topological polar surface area (TPSA) is 84.2 Å². The maximum absolute atomic E-state index is 11.9. The molecular formula is C12H17N3O3. The molecule has 1 aliphatic rings. The number of nitrogens with one attached hydrogen (secondary N) is 2. The summed E-state index contributed by atoms with van der Waals surface area (Å²) < 4.78 is 5.25. The fourth-order valence-corrected chi connectivity index (χ4v) is 2.06. The fraction of sp³-hybridized carbons (Fsp3) is 0.583. The van der Waals surface area contributed by atoms with Crippen LogP contribution in [0.2, 0.25) is 0 Å². The Labute approximate surface area is 105 Å². The molecule has 0 aromatic carbocycles. The van der Waals surface area contributed by atoms with Crippen molar-refractivity contribution in [1.29, 1.82) is 0 Å². The molecule has 0 radical (unpaired) electrons. The molecule has 1 fully saturated rings. The van der Waals surface area contributed by atoms with Crippen LogP contribution in [0.15, 0.2) is 10.6 Å². The fourth-order valence-electron chi connectivity index (χ4n) is 2.06. The molecule has 1 aliphatic heterocycles. The van der Waals surface area contributed by atoms with Gasteiger partial charge >= 0.3 is 0 Å². The number of carbonyl (C=O) groups excluding carboxylic acids is 2. The zero-order valence-corrected chi connectivity index (χ0v) is 10.5. The molecule has 0 saturated carbocycles. The van der Waals surface area contributed by atoms with Crippen molar-refractivity contribution in [2.45, 2.75) is 39.3 Å². The third kappa shape index (κ3) is 3.09. The van der Waals surface area contributed by atoms with Crippen molar-refractivity contribution in [3.63, 3.8) is 0 Å². The Hall–Kier alpha value is -1.85. The lowest BCUT2D eigenvalue weighted by Crippen LogP contribution is -2.50. The molecule has 2 amide bonds. The first-order chi connectivity index (χ1) is 8.54. The average Bonchev–Trinajstić information content (AvgIpc) is 2.70. The van der Waals surface area contributed by atoms with E-state index in [2.05, 4.69) is 15.6 Å². The van der Waals surface area contributed by atoms with Gasteiger partial charge in [-0.3, -0.25) is 9.59 Å². The van der Waals surface area contributed by atoms with Gasteiger partial charge < -0.3 is 15.1 Å². The summed E-state index contributed by atoms with van der Waals surface area (Å²) in [5.41, 5.74) is 0. The molecule has 0 spiro atoms. The Morgan fingerprint density at radius 3 is 3.06 bits per heavy atom. The largest absolute Gasteiger partial charge is 0.444 e. The number of aryl methyl sites for hydroxylation is 1. The Bertz CT molecular complexity index is 455. The van der Waals surface area contributed by atoms with E-state index in [0.717, 1.165) is 0 Å². The molecule has 0 bridgehead atoms. The number of hydrogen-bond acceptors (Lipinski definition) is 4. The second-order valence-corrected chi connectivity index (χ2v) is 4.75. The van der Waals surface area contributed by atoms with E-state index in [1.807, 2.05) is 6.92 Å². The lowest BCUT2D eigenvalue weighted by Gasteiger charge is -2.26. The minimum atomic E-state index is -0.447. The smallest absolute Gasteiger partial charge is 0.243 e. The van der Waals surface area contributed by atoms with E-state index in [0.29, 0.717) is 24.5 Å². The molecule has 18 heavy (non-hydrogen) atoms. The third-order valence-corrected chi connectivity index (χ3v) is 2.91. The highest BCUT2D eigenvalue weighted by Gasteiger charge is 2.28. The van der Waals surface area contributed by atoms with Crippen molar-refractivity contribution in [2.75, 3.05) is 0 Å². The predicted molar refractivity (Wildman–Crippen MR) is 63.4 cm³/mol. The molecule has 6 heteroatoms. The van der Waals surface area contributed by atoms with E-state index in [1.54, 1.807) is 13.1 Å². The van der Waals surface area contributed by atoms with E-state index in [-0.39, 0.29) is 24.3 Å². The van der Waals surface area contributed by atoms with Gasteiger partial charge in [-0.2, -0.15) is 0 Å². The van der Waals surface area contributed by atoms with E-state index in [9.17, 15) is 9.59 Å². The molecule has 2 heterocycles. The van der Waals surface area contributed by atoms with Crippen molar-refractivity contribution < 1.29 is 14.0 Å². The molecule has 0 aliphatic carbocycles. The van der Waals surface area contributed by atoms with Gasteiger partial charge in [-0.05, 0) is 19.3 Å². The minimum Gasteiger partial charge on any atom is -0.444 e. The number of rotatable bonds is 3. The van der Waals surface area contributed by atoms with Crippen molar-refractivity contribution in [3.8, 4) is 0 Å². The second kappa shape index (κ2) is 5.20. The van der Waals surface area contributed by atoms with Crippen LogP contribution >= 0.6 is 0 Å². The van der Waals surface area contributed by atoms with Crippen LogP contribution in [0, 0.1) is 12.8 Å². The van der Waals surface area contributed by atoms with Crippen molar-refractivity contribution in [3.05, 3.63) is 17.8 Å². The Balaban J connectivity index is 1.86. The lowest BCUT2D eigenvalue weighted by molar-refractivity contribution is -0.132. The summed E-state index contributed by atoms with van der Waals surface area (Å²) in [7, 11) is 0. The van der Waals surface area contributed by atoms with E-state index in [4.69, 9.17) is 4.42 Å². The zero-order chi connectivity index (χ0) is 13.1. The van der Waals surface area contributed by atoms with E-state index < -0.39 is 6.04 Å². The summed E-state index contributed by atoms with van der Waals surface area (Å²) >= 11 is 0. The van der Waals surface area contributed by atoms with Gasteiger partial charge in [0.05, 0.1) is 12.7 Å². The number of nitrogens with zero attached hydrogens (tertiary/aromatic N) is 1. The minimum absolute atomic E-state index is 0.0686. The molecule has 2 N–H and O–H groups in total. The van der Waals surface area contributed by atoms with E-state index >= 15 is 0 Å². The summed E-state index contributed by atoms with van der Waals surface area (Å²) in [5, 5.41) is 5.40. The van der Waals surface area contributed by atoms with Crippen molar-refractivity contribution >= 4 is 11.8 Å². The maximum Gasteiger partial charge on any atom is 0.243 e. The summed E-state index contributed by atoms with van der Waals surface area (Å²) in [4.78, 5) is 27.2. The van der Waals surface area contributed by atoms with Crippen LogP contribution in [0.3, 0.4) is 0 Å². The van der Waals surface area contributed by atoms with Gasteiger partial charge in [-0.15, -0.1) is 0 Å². The van der Waals surface area contributed by atoms with Crippen LogP contribution in [0.1, 0.15) is 31.4 Å². The highest BCUT2D eigenvalue weighted by molar-refractivity contribution is 5.88. The van der Waals surface area contributed by atoms with Gasteiger partial charge in [0, 0.05) is 6.42 Å². The lowest BCUT2D eigenvalue weighted by atomic mass is 9.93. The third-order valence-electron chi connectivity index (χ3n) is 2.91. The maximum atomic E-state index is 11.9. The van der Waals surface area contributed by atoms with Gasteiger partial charge in [-0.1, -0.05) is 6.92 Å². The molecular weight excluding hydrogens is 234 g/mol. The summed E-state index contributed by atoms with van der Waals surface area (Å²) in [6.45, 7) is 4.01. The molecule has 6 nitrogen and oxygen atoms in total. The number of amides is 2.